The number of carbonyl (C=O) groups excluding carboxylic acids is 2. The van der Waals surface area contributed by atoms with E-state index in [1.54, 1.807) is 24.3 Å². The third-order valence-corrected chi connectivity index (χ3v) is 7.37. The number of alkyl halides is 3. The van der Waals surface area contributed by atoms with Gasteiger partial charge in [-0.25, -0.2) is 9.37 Å². The summed E-state index contributed by atoms with van der Waals surface area (Å²) in [5, 5.41) is 0.345. The van der Waals surface area contributed by atoms with Crippen LogP contribution in [0.25, 0.3) is 0 Å². The zero-order valence-corrected chi connectivity index (χ0v) is 21.7. The van der Waals surface area contributed by atoms with Crippen LogP contribution in [0.2, 0.25) is 5.02 Å². The number of nitrogens with two attached hydrogens (primary N) is 1. The molecule has 7 nitrogen and oxygen atoms in total. The minimum Gasteiger partial charge on any atom is -0.396 e. The lowest BCUT2D eigenvalue weighted by Gasteiger charge is -2.39. The van der Waals surface area contributed by atoms with Gasteiger partial charge in [-0.3, -0.25) is 14.5 Å². The van der Waals surface area contributed by atoms with Gasteiger partial charge in [0.1, 0.15) is 17.7 Å². The van der Waals surface area contributed by atoms with Gasteiger partial charge in [0.2, 0.25) is 11.8 Å². The monoisotopic (exact) mass is 561 g/mol. The number of rotatable bonds is 3. The van der Waals surface area contributed by atoms with Crippen LogP contribution in [0.15, 0.2) is 48.5 Å². The van der Waals surface area contributed by atoms with Crippen molar-refractivity contribution >= 4 is 46.3 Å². The van der Waals surface area contributed by atoms with E-state index in [2.05, 4.69) is 4.98 Å². The van der Waals surface area contributed by atoms with E-state index in [4.69, 9.17) is 17.3 Å². The van der Waals surface area contributed by atoms with Crippen LogP contribution in [0.4, 0.5) is 40.4 Å². The lowest BCUT2D eigenvalue weighted by Crippen LogP contribution is -2.52. The molecule has 0 aliphatic carbocycles. The Morgan fingerprint density at radius 2 is 1.87 bits per heavy atom. The molecule has 0 radical (unpaired) electrons. The Bertz CT molecular complexity index is 1480. The van der Waals surface area contributed by atoms with E-state index < -0.39 is 41.3 Å². The smallest absolute Gasteiger partial charge is 0.396 e. The summed E-state index contributed by atoms with van der Waals surface area (Å²) in [7, 11) is 1.52. The number of anilines is 4. The molecule has 3 heterocycles. The summed E-state index contributed by atoms with van der Waals surface area (Å²) in [6, 6.07) is 10.00. The van der Waals surface area contributed by atoms with Gasteiger partial charge < -0.3 is 15.5 Å². The number of carbonyl (C=O) groups is 2. The number of para-hydroxylation sites is 1. The van der Waals surface area contributed by atoms with Crippen molar-refractivity contribution in [2.75, 3.05) is 34.0 Å². The Hall–Kier alpha value is -3.86. The van der Waals surface area contributed by atoms with Gasteiger partial charge in [-0.2, -0.15) is 13.2 Å². The van der Waals surface area contributed by atoms with Crippen LogP contribution in [0, 0.1) is 18.7 Å². The molecular weight excluding hydrogens is 538 g/mol. The fourth-order valence-corrected chi connectivity index (χ4v) is 5.59. The molecule has 1 saturated heterocycles. The van der Waals surface area contributed by atoms with Crippen molar-refractivity contribution in [1.82, 2.24) is 4.98 Å². The quantitative estimate of drug-likeness (QED) is 0.352. The molecule has 2 aromatic carbocycles. The highest BCUT2D eigenvalue weighted by atomic mass is 35.5. The standard InChI is InChI=1S/C27H24ClF4N5O2/c1-14-8-17(27(30,31)32)11-22(34-14)37-23(38)10-16-13-36(12-15-6-7-20(33)19(29)9-15)25-18(28)4-3-5-21(25)35(2)26(39)24(16)37/h3-9,11,16,24H,10,12-13,33H2,1-2H3/t16-,24+/m1/s1. The van der Waals surface area contributed by atoms with Gasteiger partial charge in [-0.05, 0) is 48.9 Å². The number of halogens is 5. The molecule has 204 valence electrons. The molecule has 0 spiro atoms. The molecule has 2 aliphatic heterocycles. The number of hydrogen-bond acceptors (Lipinski definition) is 5. The highest BCUT2D eigenvalue weighted by molar-refractivity contribution is 6.34. The molecule has 5 rings (SSSR count). The maximum atomic E-state index is 14.3. The van der Waals surface area contributed by atoms with E-state index in [9.17, 15) is 27.2 Å². The first kappa shape index (κ1) is 26.7. The second kappa shape index (κ2) is 9.71. The van der Waals surface area contributed by atoms with Crippen LogP contribution >= 0.6 is 11.6 Å². The van der Waals surface area contributed by atoms with Gasteiger partial charge in [0, 0.05) is 38.2 Å². The molecule has 2 N–H and O–H groups in total. The van der Waals surface area contributed by atoms with Crippen molar-refractivity contribution in [3.8, 4) is 0 Å². The van der Waals surface area contributed by atoms with Crippen molar-refractivity contribution in [2.45, 2.75) is 32.1 Å². The van der Waals surface area contributed by atoms with Crippen LogP contribution in [-0.4, -0.2) is 36.4 Å². The second-order valence-electron chi connectivity index (χ2n) is 9.77. The van der Waals surface area contributed by atoms with Gasteiger partial charge in [-0.1, -0.05) is 23.7 Å². The van der Waals surface area contributed by atoms with Crippen LogP contribution in [0.5, 0.6) is 0 Å². The van der Waals surface area contributed by atoms with Crippen molar-refractivity contribution in [2.24, 2.45) is 5.92 Å². The molecule has 1 aromatic heterocycles. The summed E-state index contributed by atoms with van der Waals surface area (Å²) in [5.74, 6) is -2.44. The first-order valence-electron chi connectivity index (χ1n) is 12.1. The first-order chi connectivity index (χ1) is 18.3. The fourth-order valence-electron chi connectivity index (χ4n) is 5.30. The van der Waals surface area contributed by atoms with Crippen molar-refractivity contribution in [1.29, 1.82) is 0 Å². The average molecular weight is 562 g/mol. The average Bonchev–Trinajstić information content (AvgIpc) is 3.18. The van der Waals surface area contributed by atoms with Crippen molar-refractivity contribution < 1.29 is 27.2 Å². The van der Waals surface area contributed by atoms with Gasteiger partial charge in [-0.15, -0.1) is 0 Å². The lowest BCUT2D eigenvalue weighted by molar-refractivity contribution is -0.137. The van der Waals surface area contributed by atoms with E-state index in [0.717, 1.165) is 17.0 Å². The summed E-state index contributed by atoms with van der Waals surface area (Å²) < 4.78 is 55.0. The Balaban J connectivity index is 1.61. The third-order valence-electron chi connectivity index (χ3n) is 7.06. The zero-order chi connectivity index (χ0) is 28.2. The van der Waals surface area contributed by atoms with E-state index in [-0.39, 0.29) is 36.7 Å². The first-order valence-corrected chi connectivity index (χ1v) is 12.5. The number of aryl methyl sites for hydroxylation is 1. The van der Waals surface area contributed by atoms with Gasteiger partial charge >= 0.3 is 6.18 Å². The number of nitrogen functional groups attached to an aromatic ring is 1. The number of pyridine rings is 1. The molecule has 1 fully saturated rings. The molecule has 12 heteroatoms. The van der Waals surface area contributed by atoms with E-state index in [1.807, 2.05) is 4.90 Å². The normalized spacial score (nSPS) is 19.6. The molecule has 39 heavy (non-hydrogen) atoms. The molecule has 2 amide bonds. The SMILES string of the molecule is Cc1cc(C(F)(F)F)cc(N2C(=O)C[C@@H]3CN(Cc4ccc(N)c(F)c4)c4c(Cl)cccc4N(C)C(=O)[C@H]32)n1. The number of fused-ring (bicyclic) bond motifs is 2. The van der Waals surface area contributed by atoms with E-state index >= 15 is 0 Å². The Morgan fingerprint density at radius 3 is 2.56 bits per heavy atom. The Morgan fingerprint density at radius 1 is 1.13 bits per heavy atom. The minimum atomic E-state index is -4.66. The number of amides is 2. The van der Waals surface area contributed by atoms with Gasteiger partial charge in [0.15, 0.2) is 0 Å². The fraction of sp³-hybridized carbons (Fsp3) is 0.296. The number of likely N-dealkylation sites (N-methyl/N-ethyl adjacent to an activating group) is 1. The van der Waals surface area contributed by atoms with Crippen LogP contribution in [0.1, 0.15) is 23.2 Å². The van der Waals surface area contributed by atoms with E-state index in [1.165, 1.54) is 31.0 Å². The largest absolute Gasteiger partial charge is 0.416 e. The number of hydrogen-bond donors (Lipinski definition) is 1. The molecule has 0 unspecified atom stereocenters. The summed E-state index contributed by atoms with van der Waals surface area (Å²) in [5.41, 5.74) is 6.27. The Kier molecular flexibility index (Phi) is 6.66. The van der Waals surface area contributed by atoms with Gasteiger partial charge in [0.25, 0.3) is 0 Å². The van der Waals surface area contributed by atoms with Crippen molar-refractivity contribution in [3.63, 3.8) is 0 Å². The third kappa shape index (κ3) is 4.87. The number of nitrogens with zero attached hydrogens (tertiary/aromatic N) is 4. The molecule has 0 saturated carbocycles. The highest BCUT2D eigenvalue weighted by Crippen LogP contribution is 2.43. The highest BCUT2D eigenvalue weighted by Gasteiger charge is 2.49. The molecule has 2 atom stereocenters. The minimum absolute atomic E-state index is 0.00356. The summed E-state index contributed by atoms with van der Waals surface area (Å²) in [6.45, 7) is 1.72. The predicted octanol–water partition coefficient (Wildman–Crippen LogP) is 5.19. The maximum Gasteiger partial charge on any atom is 0.416 e. The summed E-state index contributed by atoms with van der Waals surface area (Å²) >= 11 is 6.60. The number of benzene rings is 2. The number of aromatic nitrogens is 1. The topological polar surface area (TPSA) is 82.8 Å². The summed E-state index contributed by atoms with van der Waals surface area (Å²) in [4.78, 5) is 35.6. The molecule has 2 aliphatic rings. The summed E-state index contributed by atoms with van der Waals surface area (Å²) in [6.07, 6.45) is -4.76. The lowest BCUT2D eigenvalue weighted by atomic mass is 9.95. The van der Waals surface area contributed by atoms with Crippen LogP contribution < -0.4 is 20.4 Å². The van der Waals surface area contributed by atoms with Gasteiger partial charge in [0.05, 0.1) is 27.6 Å². The van der Waals surface area contributed by atoms with E-state index in [0.29, 0.717) is 22.0 Å². The molecular formula is C27H24ClF4N5O2. The van der Waals surface area contributed by atoms with Crippen LogP contribution in [-0.2, 0) is 22.3 Å². The second-order valence-corrected chi connectivity index (χ2v) is 10.2. The maximum absolute atomic E-state index is 14.3. The van der Waals surface area contributed by atoms with Crippen LogP contribution in [0.3, 0.4) is 0 Å². The molecule has 3 aromatic rings. The zero-order valence-electron chi connectivity index (χ0n) is 21.0. The molecule has 0 bridgehead atoms. The van der Waals surface area contributed by atoms with Crippen molar-refractivity contribution in [3.05, 3.63) is 76.2 Å². The Labute approximate surface area is 226 Å². The predicted molar refractivity (Wildman–Crippen MR) is 140 cm³/mol.